The summed E-state index contributed by atoms with van der Waals surface area (Å²) in [6.45, 7) is 5.25. The van der Waals surface area contributed by atoms with Gasteiger partial charge in [0.05, 0.1) is 31.0 Å². The van der Waals surface area contributed by atoms with Crippen molar-refractivity contribution in [3.63, 3.8) is 0 Å². The third kappa shape index (κ3) is 5.19. The number of carbonyl (C=O) groups excluding carboxylic acids is 1. The van der Waals surface area contributed by atoms with Crippen LogP contribution >= 0.6 is 23.1 Å². The number of nitrogens with zero attached hydrogens (tertiary/aromatic N) is 5. The molecule has 142 valence electrons. The van der Waals surface area contributed by atoms with Crippen LogP contribution in [0.25, 0.3) is 0 Å². The SMILES string of the molecule is CC(Sc1nnc(N2CCOCC2)s1)C(=O)N(CCC#N)c1ccccc1. The molecule has 1 aromatic carbocycles. The van der Waals surface area contributed by atoms with Gasteiger partial charge in [-0.05, 0) is 19.1 Å². The van der Waals surface area contributed by atoms with Crippen LogP contribution < -0.4 is 9.80 Å². The van der Waals surface area contributed by atoms with Gasteiger partial charge in [-0.25, -0.2) is 0 Å². The second kappa shape index (κ2) is 9.69. The van der Waals surface area contributed by atoms with Crippen molar-refractivity contribution in [3.05, 3.63) is 30.3 Å². The maximum atomic E-state index is 13.0. The highest BCUT2D eigenvalue weighted by Gasteiger charge is 2.25. The molecule has 1 aromatic heterocycles. The van der Waals surface area contributed by atoms with Crippen LogP contribution in [0.4, 0.5) is 10.8 Å². The lowest BCUT2D eigenvalue weighted by molar-refractivity contribution is -0.117. The molecule has 0 N–H and O–H groups in total. The molecule has 2 aromatic rings. The fourth-order valence-electron chi connectivity index (χ4n) is 2.69. The molecule has 1 fully saturated rings. The van der Waals surface area contributed by atoms with E-state index in [0.717, 1.165) is 28.2 Å². The molecule has 1 aliphatic rings. The van der Waals surface area contributed by atoms with Crippen molar-refractivity contribution in [3.8, 4) is 6.07 Å². The van der Waals surface area contributed by atoms with Crippen LogP contribution in [0.3, 0.4) is 0 Å². The fourth-order valence-corrected chi connectivity index (χ4v) is 4.79. The highest BCUT2D eigenvalue weighted by Crippen LogP contribution is 2.32. The van der Waals surface area contributed by atoms with Crippen LogP contribution in [0.15, 0.2) is 34.7 Å². The number of ether oxygens (including phenoxy) is 1. The molecule has 3 rings (SSSR count). The monoisotopic (exact) mass is 403 g/mol. The second-order valence-electron chi connectivity index (χ2n) is 5.94. The van der Waals surface area contributed by atoms with Gasteiger partial charge in [0.25, 0.3) is 0 Å². The fraction of sp³-hybridized carbons (Fsp3) is 0.444. The Kier molecular flexibility index (Phi) is 7.04. The lowest BCUT2D eigenvalue weighted by Gasteiger charge is -2.25. The van der Waals surface area contributed by atoms with Crippen molar-refractivity contribution in [2.24, 2.45) is 0 Å². The molecular weight excluding hydrogens is 382 g/mol. The summed E-state index contributed by atoms with van der Waals surface area (Å²) in [5.74, 6) is -0.0374. The van der Waals surface area contributed by atoms with Crippen molar-refractivity contribution >= 4 is 39.8 Å². The van der Waals surface area contributed by atoms with Gasteiger partial charge in [0, 0.05) is 25.3 Å². The summed E-state index contributed by atoms with van der Waals surface area (Å²) in [5, 5.41) is 18.0. The zero-order chi connectivity index (χ0) is 19.1. The number of hydrogen-bond acceptors (Lipinski definition) is 8. The van der Waals surface area contributed by atoms with Crippen LogP contribution in [0, 0.1) is 11.3 Å². The van der Waals surface area contributed by atoms with Crippen LogP contribution in [0.5, 0.6) is 0 Å². The summed E-state index contributed by atoms with van der Waals surface area (Å²) in [5.41, 5.74) is 0.802. The Hall–Kier alpha value is -2.15. The number of aromatic nitrogens is 2. The Bertz CT molecular complexity index is 787. The summed E-state index contributed by atoms with van der Waals surface area (Å²) >= 11 is 2.90. The van der Waals surface area contributed by atoms with E-state index in [1.54, 1.807) is 4.90 Å². The van der Waals surface area contributed by atoms with Gasteiger partial charge in [-0.15, -0.1) is 10.2 Å². The van der Waals surface area contributed by atoms with E-state index in [9.17, 15) is 4.79 Å². The van der Waals surface area contributed by atoms with Crippen LogP contribution in [-0.2, 0) is 9.53 Å². The molecule has 1 atom stereocenters. The quantitative estimate of drug-likeness (QED) is 0.658. The summed E-state index contributed by atoms with van der Waals surface area (Å²) in [6, 6.07) is 11.6. The van der Waals surface area contributed by atoms with Gasteiger partial charge in [0.1, 0.15) is 0 Å². The van der Waals surface area contributed by atoms with Gasteiger partial charge in [0.2, 0.25) is 11.0 Å². The minimum Gasteiger partial charge on any atom is -0.378 e. The molecule has 27 heavy (non-hydrogen) atoms. The molecule has 1 aliphatic heterocycles. The zero-order valence-electron chi connectivity index (χ0n) is 15.1. The molecule has 1 amide bonds. The van der Waals surface area contributed by atoms with Gasteiger partial charge < -0.3 is 14.5 Å². The number of amides is 1. The lowest BCUT2D eigenvalue weighted by Crippen LogP contribution is -2.37. The van der Waals surface area contributed by atoms with Crippen molar-refractivity contribution in [1.82, 2.24) is 10.2 Å². The average Bonchev–Trinajstić information content (AvgIpc) is 3.18. The first-order valence-electron chi connectivity index (χ1n) is 8.75. The molecule has 1 unspecified atom stereocenters. The lowest BCUT2D eigenvalue weighted by atomic mass is 10.2. The summed E-state index contributed by atoms with van der Waals surface area (Å²) in [7, 11) is 0. The van der Waals surface area contributed by atoms with E-state index in [-0.39, 0.29) is 17.6 Å². The predicted octanol–water partition coefficient (Wildman–Crippen LogP) is 2.80. The van der Waals surface area contributed by atoms with E-state index >= 15 is 0 Å². The van der Waals surface area contributed by atoms with Crippen molar-refractivity contribution < 1.29 is 9.53 Å². The first-order valence-corrected chi connectivity index (χ1v) is 10.4. The van der Waals surface area contributed by atoms with E-state index in [1.165, 1.54) is 23.1 Å². The predicted molar refractivity (Wildman–Crippen MR) is 107 cm³/mol. The maximum Gasteiger partial charge on any atom is 0.240 e. The topological polar surface area (TPSA) is 82.3 Å². The van der Waals surface area contributed by atoms with Crippen molar-refractivity contribution in [2.45, 2.75) is 22.9 Å². The number of rotatable bonds is 7. The molecular formula is C18H21N5O2S2. The number of para-hydroxylation sites is 1. The zero-order valence-corrected chi connectivity index (χ0v) is 16.7. The van der Waals surface area contributed by atoms with E-state index in [0.29, 0.717) is 19.8 Å². The summed E-state index contributed by atoms with van der Waals surface area (Å²) in [4.78, 5) is 16.8. The molecule has 0 bridgehead atoms. The van der Waals surface area contributed by atoms with Gasteiger partial charge in [0.15, 0.2) is 4.34 Å². The minimum absolute atomic E-state index is 0.0374. The van der Waals surface area contributed by atoms with E-state index in [1.807, 2.05) is 37.3 Å². The molecule has 0 aliphatic carbocycles. The standard InChI is InChI=1S/C18H21N5O2S2/c1-14(16(24)23(9-5-8-19)15-6-3-2-4-7-15)26-18-21-20-17(27-18)22-10-12-25-13-11-22/h2-4,6-7,14H,5,9-13H2,1H3. The number of carbonyl (C=O) groups is 1. The molecule has 9 heteroatoms. The number of thioether (sulfide) groups is 1. The summed E-state index contributed by atoms with van der Waals surface area (Å²) < 4.78 is 6.13. The highest BCUT2D eigenvalue weighted by atomic mass is 32.2. The number of anilines is 2. The Labute approximate surface area is 166 Å². The molecule has 2 heterocycles. The van der Waals surface area contributed by atoms with E-state index in [4.69, 9.17) is 10.00 Å². The normalized spacial score (nSPS) is 15.2. The average molecular weight is 404 g/mol. The Morgan fingerprint density at radius 1 is 1.37 bits per heavy atom. The van der Waals surface area contributed by atoms with Gasteiger partial charge in [-0.2, -0.15) is 5.26 Å². The first-order chi connectivity index (χ1) is 13.2. The van der Waals surface area contributed by atoms with Gasteiger partial charge in [-0.3, -0.25) is 4.79 Å². The van der Waals surface area contributed by atoms with Gasteiger partial charge >= 0.3 is 0 Å². The van der Waals surface area contributed by atoms with Crippen LogP contribution in [-0.4, -0.2) is 54.2 Å². The Morgan fingerprint density at radius 3 is 2.81 bits per heavy atom. The van der Waals surface area contributed by atoms with Crippen LogP contribution in [0.2, 0.25) is 0 Å². The van der Waals surface area contributed by atoms with E-state index < -0.39 is 0 Å². The number of nitriles is 1. The minimum atomic E-state index is -0.325. The number of benzene rings is 1. The third-order valence-corrected chi connectivity index (χ3v) is 6.24. The molecule has 7 nitrogen and oxygen atoms in total. The van der Waals surface area contributed by atoms with Crippen molar-refractivity contribution in [1.29, 1.82) is 5.26 Å². The molecule has 0 spiro atoms. The molecule has 1 saturated heterocycles. The second-order valence-corrected chi connectivity index (χ2v) is 8.49. The third-order valence-electron chi connectivity index (χ3n) is 4.08. The largest absolute Gasteiger partial charge is 0.378 e. The Morgan fingerprint density at radius 2 is 2.11 bits per heavy atom. The summed E-state index contributed by atoms with van der Waals surface area (Å²) in [6.07, 6.45) is 0.290. The Balaban J connectivity index is 1.66. The van der Waals surface area contributed by atoms with Gasteiger partial charge in [-0.1, -0.05) is 41.3 Å². The van der Waals surface area contributed by atoms with E-state index in [2.05, 4.69) is 21.2 Å². The van der Waals surface area contributed by atoms with Crippen molar-refractivity contribution in [2.75, 3.05) is 42.6 Å². The number of hydrogen-bond donors (Lipinski definition) is 0. The smallest absolute Gasteiger partial charge is 0.240 e. The molecule has 0 radical (unpaired) electrons. The first kappa shape index (κ1) is 19.6. The van der Waals surface area contributed by atoms with Crippen LogP contribution in [0.1, 0.15) is 13.3 Å². The molecule has 0 saturated carbocycles. The highest BCUT2D eigenvalue weighted by molar-refractivity contribution is 8.02. The maximum absolute atomic E-state index is 13.0. The number of morpholine rings is 1.